The van der Waals surface area contributed by atoms with E-state index < -0.39 is 0 Å². The van der Waals surface area contributed by atoms with E-state index in [1.54, 1.807) is 0 Å². The third-order valence-corrected chi connectivity index (χ3v) is 1.82. The number of esters is 1. The maximum Gasteiger partial charge on any atom is 0.305 e. The summed E-state index contributed by atoms with van der Waals surface area (Å²) in [6, 6.07) is 8.18. The highest BCUT2D eigenvalue weighted by Gasteiger charge is 2.10. The number of fused-ring (bicyclic) bond motifs is 1. The van der Waals surface area contributed by atoms with E-state index in [1.807, 2.05) is 19.1 Å². The summed E-state index contributed by atoms with van der Waals surface area (Å²) in [5, 5.41) is 3.09. The minimum atomic E-state index is -0.123. The van der Waals surface area contributed by atoms with E-state index in [0.717, 1.165) is 6.42 Å². The van der Waals surface area contributed by atoms with Gasteiger partial charge in [0.2, 0.25) is 0 Å². The van der Waals surface area contributed by atoms with Crippen molar-refractivity contribution in [3.8, 4) is 0 Å². The quantitative estimate of drug-likeness (QED) is 0.589. The second-order valence-electron chi connectivity index (χ2n) is 3.00. The molecule has 0 unspecified atom stereocenters. The largest absolute Gasteiger partial charge is 0.469 e. The molecule has 3 heteroatoms. The molecule has 0 radical (unpaired) electrons. The summed E-state index contributed by atoms with van der Waals surface area (Å²) in [7, 11) is 1.40. The van der Waals surface area contributed by atoms with Crippen LogP contribution in [-0.2, 0) is 9.53 Å². The summed E-state index contributed by atoms with van der Waals surface area (Å²) in [6.07, 6.45) is 1.41. The van der Waals surface area contributed by atoms with Gasteiger partial charge in [0.15, 0.2) is 0 Å². The van der Waals surface area contributed by atoms with Crippen LogP contribution in [0.1, 0.15) is 19.8 Å². The molecular formula is C11H15NO2. The Morgan fingerprint density at radius 2 is 1.93 bits per heavy atom. The smallest absolute Gasteiger partial charge is 0.305 e. The molecule has 2 rings (SSSR count). The van der Waals surface area contributed by atoms with Crippen molar-refractivity contribution in [3.05, 3.63) is 24.3 Å². The number of carbonyl (C=O) groups excluding carboxylic acids is 1. The van der Waals surface area contributed by atoms with Crippen LogP contribution in [-0.4, -0.2) is 13.1 Å². The van der Waals surface area contributed by atoms with Gasteiger partial charge in [-0.1, -0.05) is 19.1 Å². The molecule has 0 atom stereocenters. The molecular weight excluding hydrogens is 178 g/mol. The summed E-state index contributed by atoms with van der Waals surface area (Å²) < 4.78 is 4.35. The van der Waals surface area contributed by atoms with Gasteiger partial charge in [-0.3, -0.25) is 4.79 Å². The van der Waals surface area contributed by atoms with E-state index in [2.05, 4.69) is 22.2 Å². The van der Waals surface area contributed by atoms with E-state index in [0.29, 0.717) is 6.42 Å². The van der Waals surface area contributed by atoms with Gasteiger partial charge >= 0.3 is 5.97 Å². The minimum absolute atomic E-state index is 0.123. The zero-order valence-corrected chi connectivity index (χ0v) is 8.54. The normalized spacial score (nSPS) is 10.1. The number of nitrogens with one attached hydrogen (secondary N) is 1. The van der Waals surface area contributed by atoms with Gasteiger partial charge in [0.05, 0.1) is 18.5 Å². The van der Waals surface area contributed by atoms with Gasteiger partial charge in [-0.05, 0) is 18.6 Å². The molecule has 76 valence electrons. The monoisotopic (exact) mass is 193 g/mol. The maximum absolute atomic E-state index is 10.2. The lowest BCUT2D eigenvalue weighted by atomic mass is 10.3. The van der Waals surface area contributed by atoms with E-state index >= 15 is 0 Å². The predicted molar refractivity (Wildman–Crippen MR) is 56.6 cm³/mol. The zero-order valence-electron chi connectivity index (χ0n) is 8.54. The van der Waals surface area contributed by atoms with Gasteiger partial charge in [0.25, 0.3) is 0 Å². The Hall–Kier alpha value is -1.51. The SMILES string of the molecule is CCCC(=O)OC.c1ccc2c(c1)N2. The van der Waals surface area contributed by atoms with Crippen LogP contribution in [0, 0.1) is 0 Å². The Labute approximate surface area is 84.1 Å². The molecule has 1 heterocycles. The Morgan fingerprint density at radius 1 is 1.36 bits per heavy atom. The lowest BCUT2D eigenvalue weighted by Gasteiger charge is -1.91. The van der Waals surface area contributed by atoms with Crippen LogP contribution in [0.25, 0.3) is 0 Å². The van der Waals surface area contributed by atoms with Gasteiger partial charge in [-0.25, -0.2) is 0 Å². The van der Waals surface area contributed by atoms with Gasteiger partial charge in [0, 0.05) is 6.42 Å². The number of hydrogen-bond acceptors (Lipinski definition) is 3. The molecule has 1 aromatic rings. The third kappa shape index (κ3) is 3.47. The molecule has 0 bridgehead atoms. The van der Waals surface area contributed by atoms with E-state index in [-0.39, 0.29) is 5.97 Å². The fourth-order valence-corrected chi connectivity index (χ4v) is 0.986. The molecule has 0 amide bonds. The number of rotatable bonds is 2. The van der Waals surface area contributed by atoms with E-state index in [1.165, 1.54) is 18.5 Å². The summed E-state index contributed by atoms with van der Waals surface area (Å²) in [5.41, 5.74) is 2.56. The van der Waals surface area contributed by atoms with Crippen molar-refractivity contribution in [3.63, 3.8) is 0 Å². The molecule has 1 aromatic carbocycles. The van der Waals surface area contributed by atoms with Crippen LogP contribution in [0.15, 0.2) is 24.3 Å². The summed E-state index contributed by atoms with van der Waals surface area (Å²) in [4.78, 5) is 10.2. The highest BCUT2D eigenvalue weighted by atomic mass is 16.5. The summed E-state index contributed by atoms with van der Waals surface area (Å²) in [6.45, 7) is 1.94. The van der Waals surface area contributed by atoms with Crippen molar-refractivity contribution in [2.75, 3.05) is 12.4 Å². The molecule has 1 aliphatic rings. The van der Waals surface area contributed by atoms with Crippen LogP contribution in [0.5, 0.6) is 0 Å². The van der Waals surface area contributed by atoms with Gasteiger partial charge < -0.3 is 10.1 Å². The van der Waals surface area contributed by atoms with Gasteiger partial charge in [-0.15, -0.1) is 0 Å². The van der Waals surface area contributed by atoms with Crippen LogP contribution < -0.4 is 5.32 Å². The molecule has 1 N–H and O–H groups in total. The van der Waals surface area contributed by atoms with Crippen LogP contribution in [0.3, 0.4) is 0 Å². The second kappa shape index (κ2) is 5.27. The first-order chi connectivity index (χ1) is 6.77. The van der Waals surface area contributed by atoms with E-state index in [4.69, 9.17) is 0 Å². The number of para-hydroxylation sites is 2. The first-order valence-corrected chi connectivity index (χ1v) is 4.70. The van der Waals surface area contributed by atoms with E-state index in [9.17, 15) is 4.79 Å². The Kier molecular flexibility index (Phi) is 3.98. The Balaban J connectivity index is 0.000000140. The predicted octanol–water partition coefficient (Wildman–Crippen LogP) is 2.70. The van der Waals surface area contributed by atoms with Gasteiger partial charge in [0.1, 0.15) is 0 Å². The lowest BCUT2D eigenvalue weighted by molar-refractivity contribution is -0.140. The van der Waals surface area contributed by atoms with Crippen molar-refractivity contribution in [1.29, 1.82) is 0 Å². The fourth-order valence-electron chi connectivity index (χ4n) is 0.986. The van der Waals surface area contributed by atoms with Crippen LogP contribution in [0.4, 0.5) is 11.4 Å². The Bertz CT molecular complexity index is 289. The zero-order chi connectivity index (χ0) is 10.4. The van der Waals surface area contributed by atoms with Crippen molar-refractivity contribution in [2.45, 2.75) is 19.8 Å². The topological polar surface area (TPSA) is 48.2 Å². The average Bonchev–Trinajstić information content (AvgIpc) is 2.97. The molecule has 0 fully saturated rings. The molecule has 0 spiro atoms. The van der Waals surface area contributed by atoms with Crippen molar-refractivity contribution in [1.82, 2.24) is 0 Å². The third-order valence-electron chi connectivity index (χ3n) is 1.82. The molecule has 1 aliphatic heterocycles. The number of carbonyl (C=O) groups is 1. The highest BCUT2D eigenvalue weighted by molar-refractivity contribution is 5.89. The summed E-state index contributed by atoms with van der Waals surface area (Å²) >= 11 is 0. The maximum atomic E-state index is 10.2. The second-order valence-corrected chi connectivity index (χ2v) is 3.00. The van der Waals surface area contributed by atoms with Crippen molar-refractivity contribution >= 4 is 17.3 Å². The standard InChI is InChI=1S/C6H5N.C5H10O2/c1-2-4-6-5(3-1)7-6;1-3-4-5(6)7-2/h1-4,7H;3-4H2,1-2H3. The average molecular weight is 193 g/mol. The molecule has 0 saturated carbocycles. The first kappa shape index (κ1) is 10.6. The number of anilines is 2. The lowest BCUT2D eigenvalue weighted by Crippen LogP contribution is -1.97. The van der Waals surface area contributed by atoms with Crippen molar-refractivity contribution in [2.24, 2.45) is 0 Å². The van der Waals surface area contributed by atoms with Crippen LogP contribution in [0.2, 0.25) is 0 Å². The fraction of sp³-hybridized carbons (Fsp3) is 0.364. The number of ether oxygens (including phenoxy) is 1. The van der Waals surface area contributed by atoms with Crippen LogP contribution >= 0.6 is 0 Å². The minimum Gasteiger partial charge on any atom is -0.469 e. The first-order valence-electron chi connectivity index (χ1n) is 4.70. The Morgan fingerprint density at radius 3 is 2.21 bits per heavy atom. The molecule has 0 saturated heterocycles. The number of benzene rings is 1. The number of hydrogen-bond donors (Lipinski definition) is 1. The molecule has 14 heavy (non-hydrogen) atoms. The van der Waals surface area contributed by atoms with Crippen molar-refractivity contribution < 1.29 is 9.53 Å². The molecule has 3 nitrogen and oxygen atoms in total. The molecule has 0 aromatic heterocycles. The number of methoxy groups -OCH3 is 1. The highest BCUT2D eigenvalue weighted by Crippen LogP contribution is 2.36. The van der Waals surface area contributed by atoms with Gasteiger partial charge in [-0.2, -0.15) is 0 Å². The molecule has 0 aliphatic carbocycles. The summed E-state index contributed by atoms with van der Waals surface area (Å²) in [5.74, 6) is -0.123.